The molecule has 0 saturated heterocycles. The second kappa shape index (κ2) is 5.13. The van der Waals surface area contributed by atoms with E-state index < -0.39 is 28.0 Å². The molecule has 1 rings (SSSR count). The van der Waals surface area contributed by atoms with E-state index in [1.807, 2.05) is 0 Å². The second-order valence-corrected chi connectivity index (χ2v) is 5.93. The van der Waals surface area contributed by atoms with Gasteiger partial charge in [0, 0.05) is 4.90 Å². The Morgan fingerprint density at radius 1 is 1.37 bits per heavy atom. The first kappa shape index (κ1) is 15.4. The molecule has 0 aliphatic heterocycles. The van der Waals surface area contributed by atoms with Gasteiger partial charge in [0.2, 0.25) is 0 Å². The number of benzene rings is 1. The lowest BCUT2D eigenvalue weighted by Gasteiger charge is -2.19. The highest BCUT2D eigenvalue weighted by atomic mass is 32.2. The van der Waals surface area contributed by atoms with Gasteiger partial charge in [0.1, 0.15) is 4.75 Å². The van der Waals surface area contributed by atoms with E-state index >= 15 is 0 Å². The number of carbonyl (C=O) groups is 1. The number of alkyl halides is 3. The Labute approximate surface area is 112 Å². The first-order chi connectivity index (χ1) is 8.58. The molecule has 1 aromatic carbocycles. The summed E-state index contributed by atoms with van der Waals surface area (Å²) in [5, 5.41) is 17.6. The third kappa shape index (κ3) is 3.64. The van der Waals surface area contributed by atoms with Crippen LogP contribution in [0.25, 0.3) is 0 Å². The van der Waals surface area contributed by atoms with E-state index in [9.17, 15) is 18.0 Å². The van der Waals surface area contributed by atoms with E-state index in [1.165, 1.54) is 26.0 Å². The molecule has 1 N–H and O–H groups in total. The number of aliphatic carboxylic acids is 1. The molecule has 0 fully saturated rings. The molecule has 0 bridgehead atoms. The molecule has 102 valence electrons. The fraction of sp³-hybridized carbons (Fsp3) is 0.333. The minimum Gasteiger partial charge on any atom is -0.480 e. The second-order valence-electron chi connectivity index (χ2n) is 4.23. The number of nitrogens with zero attached hydrogens (tertiary/aromatic N) is 1. The molecule has 0 spiro atoms. The Balaban J connectivity index is 3.21. The molecule has 0 aliphatic carbocycles. The topological polar surface area (TPSA) is 61.1 Å². The SMILES string of the molecule is CC(C)(Sc1ccc(C#N)c(C(F)(F)F)c1)C(=O)O. The van der Waals surface area contributed by atoms with E-state index in [0.29, 0.717) is 0 Å². The molecule has 0 heterocycles. The number of carboxylic acid groups (broad SMARTS) is 1. The Hall–Kier alpha value is -1.68. The lowest BCUT2D eigenvalue weighted by atomic mass is 10.1. The molecular weight excluding hydrogens is 279 g/mol. The van der Waals surface area contributed by atoms with Gasteiger partial charge in [-0.1, -0.05) is 0 Å². The van der Waals surface area contributed by atoms with Gasteiger partial charge in [-0.25, -0.2) is 0 Å². The molecule has 0 radical (unpaired) electrons. The minimum atomic E-state index is -4.64. The van der Waals surface area contributed by atoms with Gasteiger partial charge in [0.05, 0.1) is 17.2 Å². The van der Waals surface area contributed by atoms with Gasteiger partial charge in [-0.2, -0.15) is 18.4 Å². The number of hydrogen-bond donors (Lipinski definition) is 1. The molecule has 1 aromatic rings. The first-order valence-corrected chi connectivity index (χ1v) is 5.93. The number of rotatable bonds is 3. The number of halogens is 3. The number of thioether (sulfide) groups is 1. The van der Waals surface area contributed by atoms with Crippen molar-refractivity contribution in [3.63, 3.8) is 0 Å². The van der Waals surface area contributed by atoms with Crippen LogP contribution >= 0.6 is 11.8 Å². The lowest BCUT2D eigenvalue weighted by Crippen LogP contribution is -2.26. The zero-order valence-corrected chi connectivity index (χ0v) is 10.9. The predicted molar refractivity (Wildman–Crippen MR) is 63.7 cm³/mol. The average Bonchev–Trinajstić information content (AvgIpc) is 2.27. The zero-order valence-electron chi connectivity index (χ0n) is 10.1. The van der Waals surface area contributed by atoms with Crippen molar-refractivity contribution in [3.05, 3.63) is 29.3 Å². The van der Waals surface area contributed by atoms with E-state index in [1.54, 1.807) is 0 Å². The third-order valence-corrected chi connectivity index (χ3v) is 3.48. The third-order valence-electron chi connectivity index (χ3n) is 2.30. The average molecular weight is 289 g/mol. The summed E-state index contributed by atoms with van der Waals surface area (Å²) in [6.07, 6.45) is -4.64. The summed E-state index contributed by atoms with van der Waals surface area (Å²) < 4.78 is 36.9. The summed E-state index contributed by atoms with van der Waals surface area (Å²) in [7, 11) is 0. The number of hydrogen-bond acceptors (Lipinski definition) is 3. The van der Waals surface area contributed by atoms with Crippen molar-refractivity contribution in [2.24, 2.45) is 0 Å². The van der Waals surface area contributed by atoms with Crippen LogP contribution in [0.3, 0.4) is 0 Å². The molecule has 0 atom stereocenters. The molecule has 0 unspecified atom stereocenters. The maximum Gasteiger partial charge on any atom is 0.417 e. The summed E-state index contributed by atoms with van der Waals surface area (Å²) in [6.45, 7) is 2.79. The summed E-state index contributed by atoms with van der Waals surface area (Å²) >= 11 is 0.795. The monoisotopic (exact) mass is 289 g/mol. The summed E-state index contributed by atoms with van der Waals surface area (Å²) in [5.74, 6) is -1.13. The Morgan fingerprint density at radius 3 is 2.37 bits per heavy atom. The quantitative estimate of drug-likeness (QED) is 0.865. The van der Waals surface area contributed by atoms with Gasteiger partial charge in [-0.15, -0.1) is 11.8 Å². The fourth-order valence-corrected chi connectivity index (χ4v) is 2.25. The van der Waals surface area contributed by atoms with Crippen LogP contribution in [0.15, 0.2) is 23.1 Å². The Kier molecular flexibility index (Phi) is 4.15. The van der Waals surface area contributed by atoms with E-state index in [4.69, 9.17) is 10.4 Å². The summed E-state index contributed by atoms with van der Waals surface area (Å²) in [6, 6.07) is 4.62. The lowest BCUT2D eigenvalue weighted by molar-refractivity contribution is -0.139. The van der Waals surface area contributed by atoms with Crippen LogP contribution in [0.5, 0.6) is 0 Å². The maximum absolute atomic E-state index is 12.7. The van der Waals surface area contributed by atoms with Gasteiger partial charge in [0.15, 0.2) is 0 Å². The molecule has 7 heteroatoms. The van der Waals surface area contributed by atoms with Crippen LogP contribution in [0.2, 0.25) is 0 Å². The van der Waals surface area contributed by atoms with Gasteiger partial charge in [-0.05, 0) is 32.0 Å². The molecule has 3 nitrogen and oxygen atoms in total. The smallest absolute Gasteiger partial charge is 0.417 e. The minimum absolute atomic E-state index is 0.152. The van der Waals surface area contributed by atoms with Crippen molar-refractivity contribution >= 4 is 17.7 Å². The Morgan fingerprint density at radius 2 is 1.95 bits per heavy atom. The molecule has 0 saturated carbocycles. The van der Waals surface area contributed by atoms with E-state index in [-0.39, 0.29) is 4.90 Å². The Bertz CT molecular complexity index is 547. The predicted octanol–water partition coefficient (Wildman–Crippen LogP) is 3.53. The van der Waals surface area contributed by atoms with Gasteiger partial charge in [-0.3, -0.25) is 4.79 Å². The standard InChI is InChI=1S/C12H10F3NO2S/c1-11(2,10(17)18)19-8-4-3-7(6-16)9(5-8)12(13,14)15/h3-5H,1-2H3,(H,17,18). The van der Waals surface area contributed by atoms with E-state index in [2.05, 4.69) is 0 Å². The van der Waals surface area contributed by atoms with Gasteiger partial charge in [0.25, 0.3) is 0 Å². The molecule has 0 aliphatic rings. The summed E-state index contributed by atoms with van der Waals surface area (Å²) in [4.78, 5) is 11.1. The number of carboxylic acids is 1. The van der Waals surface area contributed by atoms with Crippen LogP contribution in [0.4, 0.5) is 13.2 Å². The van der Waals surface area contributed by atoms with Crippen molar-refractivity contribution < 1.29 is 23.1 Å². The highest BCUT2D eigenvalue weighted by Gasteiger charge is 2.35. The number of nitriles is 1. The van der Waals surface area contributed by atoms with Crippen molar-refractivity contribution in [3.8, 4) is 6.07 Å². The van der Waals surface area contributed by atoms with Crippen molar-refractivity contribution in [1.29, 1.82) is 5.26 Å². The maximum atomic E-state index is 12.7. The first-order valence-electron chi connectivity index (χ1n) is 5.11. The zero-order chi connectivity index (χ0) is 14.8. The normalized spacial score (nSPS) is 12.0. The van der Waals surface area contributed by atoms with Crippen LogP contribution in [-0.2, 0) is 11.0 Å². The van der Waals surface area contributed by atoms with Gasteiger partial charge < -0.3 is 5.11 Å². The summed E-state index contributed by atoms with van der Waals surface area (Å²) in [5.41, 5.74) is -1.54. The van der Waals surface area contributed by atoms with Crippen LogP contribution < -0.4 is 0 Å². The fourth-order valence-electron chi connectivity index (χ4n) is 1.26. The highest BCUT2D eigenvalue weighted by Crippen LogP contribution is 2.38. The van der Waals surface area contributed by atoms with Gasteiger partial charge >= 0.3 is 12.1 Å². The van der Waals surface area contributed by atoms with Crippen molar-refractivity contribution in [2.45, 2.75) is 29.7 Å². The highest BCUT2D eigenvalue weighted by molar-refractivity contribution is 8.01. The van der Waals surface area contributed by atoms with Crippen LogP contribution in [0, 0.1) is 11.3 Å². The molecule has 19 heavy (non-hydrogen) atoms. The van der Waals surface area contributed by atoms with E-state index in [0.717, 1.165) is 23.9 Å². The van der Waals surface area contributed by atoms with Crippen molar-refractivity contribution in [2.75, 3.05) is 0 Å². The van der Waals surface area contributed by atoms with Crippen LogP contribution in [0.1, 0.15) is 25.0 Å². The van der Waals surface area contributed by atoms with Crippen LogP contribution in [-0.4, -0.2) is 15.8 Å². The molecule has 0 amide bonds. The molecular formula is C12H10F3NO2S. The largest absolute Gasteiger partial charge is 0.480 e. The molecule has 0 aromatic heterocycles. The van der Waals surface area contributed by atoms with Crippen molar-refractivity contribution in [1.82, 2.24) is 0 Å².